The molecule has 1 spiro atoms. The van der Waals surface area contributed by atoms with Crippen LogP contribution in [0.5, 0.6) is 11.8 Å². The first kappa shape index (κ1) is 21.4. The van der Waals surface area contributed by atoms with Crippen LogP contribution in [0.15, 0.2) is 40.2 Å². The standard InChI is InChI=1S/C25H19N3O6S/c1-12-6-4-5-7-15(12)13(2)31-24(30)27-18-14(3)35-28-16(18)8-9-17-26-22-23(32-17)33-19-20(29)25(10-11-25)21(19)34-22/h4-7,13H,10-11H2,1-3H3,(H,27,30). The quantitative estimate of drug-likeness (QED) is 0.522. The van der Waals surface area contributed by atoms with E-state index in [-0.39, 0.29) is 29.3 Å². The summed E-state index contributed by atoms with van der Waals surface area (Å²) in [4.78, 5) is 29.7. The second-order valence-electron chi connectivity index (χ2n) is 8.63. The van der Waals surface area contributed by atoms with Gasteiger partial charge in [-0.2, -0.15) is 9.36 Å². The van der Waals surface area contributed by atoms with Crippen LogP contribution < -0.4 is 14.8 Å². The van der Waals surface area contributed by atoms with Crippen LogP contribution in [0.2, 0.25) is 0 Å². The molecule has 10 heteroatoms. The summed E-state index contributed by atoms with van der Waals surface area (Å²) < 4.78 is 26.6. The average Bonchev–Trinajstić information content (AvgIpc) is 3.49. The van der Waals surface area contributed by atoms with Crippen molar-refractivity contribution in [2.45, 2.75) is 39.7 Å². The lowest BCUT2D eigenvalue weighted by Crippen LogP contribution is -2.40. The summed E-state index contributed by atoms with van der Waals surface area (Å²) in [5.74, 6) is 6.49. The molecule has 0 radical (unpaired) electrons. The monoisotopic (exact) mass is 489 g/mol. The van der Waals surface area contributed by atoms with Crippen molar-refractivity contribution in [2.75, 3.05) is 5.32 Å². The van der Waals surface area contributed by atoms with Crippen molar-refractivity contribution in [1.29, 1.82) is 0 Å². The van der Waals surface area contributed by atoms with Crippen LogP contribution >= 0.6 is 11.5 Å². The molecule has 1 fully saturated rings. The molecule has 1 unspecified atom stereocenters. The minimum atomic E-state index is -0.608. The number of ether oxygens (including phenoxy) is 3. The van der Waals surface area contributed by atoms with Gasteiger partial charge in [0.1, 0.15) is 6.10 Å². The molecule has 3 aliphatic rings. The highest BCUT2D eigenvalue weighted by Crippen LogP contribution is 2.63. The minimum Gasteiger partial charge on any atom is -0.441 e. The van der Waals surface area contributed by atoms with E-state index in [2.05, 4.69) is 26.5 Å². The van der Waals surface area contributed by atoms with E-state index in [1.54, 1.807) is 0 Å². The Hall–Kier alpha value is -4.10. The fourth-order valence-electron chi connectivity index (χ4n) is 4.17. The van der Waals surface area contributed by atoms with Gasteiger partial charge in [-0.1, -0.05) is 24.3 Å². The van der Waals surface area contributed by atoms with Crippen LogP contribution in [0.25, 0.3) is 0 Å². The van der Waals surface area contributed by atoms with Gasteiger partial charge < -0.3 is 18.6 Å². The zero-order chi connectivity index (χ0) is 24.3. The Kier molecular flexibility index (Phi) is 4.72. The van der Waals surface area contributed by atoms with E-state index in [0.717, 1.165) is 28.8 Å². The van der Waals surface area contributed by atoms with E-state index in [9.17, 15) is 9.59 Å². The number of aromatic nitrogens is 2. The lowest BCUT2D eigenvalue weighted by molar-refractivity contribution is -0.127. The molecule has 0 saturated heterocycles. The number of ketones is 1. The van der Waals surface area contributed by atoms with E-state index in [0.29, 0.717) is 17.1 Å². The van der Waals surface area contributed by atoms with Crippen molar-refractivity contribution in [3.63, 3.8) is 0 Å². The molecule has 1 saturated carbocycles. The van der Waals surface area contributed by atoms with E-state index < -0.39 is 17.6 Å². The highest BCUT2D eigenvalue weighted by molar-refractivity contribution is 7.06. The molecule has 2 aliphatic carbocycles. The number of carbonyl (C=O) groups excluding carboxylic acids is 2. The number of Topliss-reactive ketones (excluding diaryl/α,β-unsaturated/α-hetero) is 1. The summed E-state index contributed by atoms with van der Waals surface area (Å²) in [6.07, 6.45) is 0.491. The molecule has 176 valence electrons. The molecule has 3 heterocycles. The van der Waals surface area contributed by atoms with Gasteiger partial charge in [-0.05, 0) is 62.2 Å². The number of hydrogen-bond acceptors (Lipinski definition) is 9. The lowest BCUT2D eigenvalue weighted by Gasteiger charge is -2.31. The number of hydrogen-bond donors (Lipinski definition) is 1. The smallest absolute Gasteiger partial charge is 0.412 e. The second kappa shape index (κ2) is 7.71. The number of rotatable bonds is 3. The number of nitrogens with zero attached hydrogens (tertiary/aromatic N) is 2. The highest BCUT2D eigenvalue weighted by atomic mass is 32.1. The number of nitrogens with one attached hydrogen (secondary N) is 1. The number of amides is 1. The molecule has 1 amide bonds. The summed E-state index contributed by atoms with van der Waals surface area (Å²) in [5.41, 5.74) is 2.26. The lowest BCUT2D eigenvalue weighted by atomic mass is 9.84. The molecule has 1 aromatic carbocycles. The van der Waals surface area contributed by atoms with Crippen LogP contribution in [0.1, 0.15) is 53.5 Å². The number of oxazole rings is 1. The van der Waals surface area contributed by atoms with Gasteiger partial charge in [0.25, 0.3) is 5.89 Å². The Morgan fingerprint density at radius 3 is 2.80 bits per heavy atom. The van der Waals surface area contributed by atoms with Crippen LogP contribution in [-0.4, -0.2) is 21.2 Å². The Morgan fingerprint density at radius 1 is 1.23 bits per heavy atom. The molecular formula is C25H19N3O6S. The Labute approximate surface area is 204 Å². The summed E-state index contributed by atoms with van der Waals surface area (Å²) in [6.45, 7) is 5.61. The van der Waals surface area contributed by atoms with Gasteiger partial charge in [0.2, 0.25) is 11.5 Å². The van der Waals surface area contributed by atoms with Crippen molar-refractivity contribution in [3.05, 3.63) is 63.4 Å². The number of allylic oxidation sites excluding steroid dienone is 2. The van der Waals surface area contributed by atoms with Gasteiger partial charge in [0.15, 0.2) is 11.5 Å². The fraction of sp³-hybridized carbons (Fsp3) is 0.280. The predicted octanol–water partition coefficient (Wildman–Crippen LogP) is 4.80. The Balaban J connectivity index is 1.16. The summed E-state index contributed by atoms with van der Waals surface area (Å²) in [7, 11) is 0. The maximum atomic E-state index is 12.6. The predicted molar refractivity (Wildman–Crippen MR) is 124 cm³/mol. The first-order chi connectivity index (χ1) is 16.9. The number of carbonyl (C=O) groups is 2. The van der Waals surface area contributed by atoms with Crippen molar-refractivity contribution >= 4 is 29.1 Å². The molecule has 9 nitrogen and oxygen atoms in total. The third-order valence-electron chi connectivity index (χ3n) is 6.28. The van der Waals surface area contributed by atoms with Crippen LogP contribution in [0, 0.1) is 31.1 Å². The summed E-state index contributed by atoms with van der Waals surface area (Å²) in [5, 5.41) is 2.74. The van der Waals surface area contributed by atoms with Crippen LogP contribution in [0.3, 0.4) is 0 Å². The van der Waals surface area contributed by atoms with E-state index in [1.165, 1.54) is 11.5 Å². The normalized spacial score (nSPS) is 17.2. The molecular weight excluding hydrogens is 470 g/mol. The molecule has 35 heavy (non-hydrogen) atoms. The highest BCUT2D eigenvalue weighted by Gasteiger charge is 2.67. The molecule has 3 aromatic rings. The van der Waals surface area contributed by atoms with Gasteiger partial charge in [0.05, 0.1) is 11.1 Å². The molecule has 1 atom stereocenters. The zero-order valence-electron chi connectivity index (χ0n) is 19.1. The van der Waals surface area contributed by atoms with Crippen LogP contribution in [-0.2, 0) is 9.53 Å². The molecule has 2 aromatic heterocycles. The molecule has 6 rings (SSSR count). The van der Waals surface area contributed by atoms with Gasteiger partial charge >= 0.3 is 17.9 Å². The molecule has 1 N–H and O–H groups in total. The topological polar surface area (TPSA) is 113 Å². The van der Waals surface area contributed by atoms with E-state index in [1.807, 2.05) is 45.0 Å². The van der Waals surface area contributed by atoms with Crippen molar-refractivity contribution in [2.24, 2.45) is 5.41 Å². The van der Waals surface area contributed by atoms with Gasteiger partial charge in [-0.15, -0.1) is 0 Å². The van der Waals surface area contributed by atoms with E-state index >= 15 is 0 Å². The molecule has 1 aliphatic heterocycles. The summed E-state index contributed by atoms with van der Waals surface area (Å²) in [6, 6.07) is 7.73. The maximum absolute atomic E-state index is 12.6. The average molecular weight is 490 g/mol. The third-order valence-corrected chi connectivity index (χ3v) is 7.03. The van der Waals surface area contributed by atoms with E-state index in [4.69, 9.17) is 18.6 Å². The van der Waals surface area contributed by atoms with Crippen molar-refractivity contribution < 1.29 is 28.2 Å². The van der Waals surface area contributed by atoms with Gasteiger partial charge in [-0.3, -0.25) is 10.1 Å². The number of aryl methyl sites for hydroxylation is 2. The number of anilines is 1. The van der Waals surface area contributed by atoms with Gasteiger partial charge in [0, 0.05) is 10.8 Å². The third kappa shape index (κ3) is 3.47. The Bertz CT molecular complexity index is 1500. The number of benzene rings is 1. The second-order valence-corrected chi connectivity index (χ2v) is 9.60. The Morgan fingerprint density at radius 2 is 2.03 bits per heavy atom. The van der Waals surface area contributed by atoms with Crippen molar-refractivity contribution in [3.8, 4) is 23.7 Å². The first-order valence-corrected chi connectivity index (χ1v) is 11.8. The molecule has 0 bridgehead atoms. The minimum absolute atomic E-state index is 0.00141. The van der Waals surface area contributed by atoms with Crippen LogP contribution in [0.4, 0.5) is 10.5 Å². The summed E-state index contributed by atoms with van der Waals surface area (Å²) >= 11 is 1.20. The van der Waals surface area contributed by atoms with Crippen molar-refractivity contribution in [1.82, 2.24) is 9.36 Å². The number of fused-ring (bicyclic) bond motifs is 2. The zero-order valence-corrected chi connectivity index (χ0v) is 19.9. The van der Waals surface area contributed by atoms with Gasteiger partial charge in [-0.25, -0.2) is 4.79 Å². The SMILES string of the molecule is Cc1ccccc1C(C)OC(=O)Nc1c(C#Cc2nc3c(o2)OC2=C(O3)C3(CC3)C2=O)nsc1C. The fourth-order valence-corrected chi connectivity index (χ4v) is 4.78. The largest absolute Gasteiger partial charge is 0.441 e. The maximum Gasteiger partial charge on any atom is 0.412 e. The first-order valence-electron chi connectivity index (χ1n) is 11.0.